The van der Waals surface area contributed by atoms with Crippen molar-refractivity contribution in [3.63, 3.8) is 0 Å². The topological polar surface area (TPSA) is 67.8 Å². The molecule has 1 aliphatic carbocycles. The van der Waals surface area contributed by atoms with Gasteiger partial charge in [0.2, 0.25) is 0 Å². The van der Waals surface area contributed by atoms with E-state index >= 15 is 0 Å². The molecule has 1 aromatic rings. The van der Waals surface area contributed by atoms with Gasteiger partial charge < -0.3 is 19.9 Å². The maximum absolute atomic E-state index is 11.0. The molecule has 1 aliphatic rings. The molecule has 0 saturated heterocycles. The van der Waals surface area contributed by atoms with Gasteiger partial charge in [-0.05, 0) is 43.4 Å². The molecule has 1 saturated carbocycles. The lowest BCUT2D eigenvalue weighted by molar-refractivity contribution is -0.142. The van der Waals surface area contributed by atoms with E-state index in [2.05, 4.69) is 17.4 Å². The van der Waals surface area contributed by atoms with Gasteiger partial charge in [0.25, 0.3) is 0 Å². The molecule has 0 bridgehead atoms. The van der Waals surface area contributed by atoms with E-state index in [1.165, 1.54) is 5.56 Å². The predicted molar refractivity (Wildman–Crippen MR) is 88.7 cm³/mol. The molecule has 0 spiro atoms. The zero-order chi connectivity index (χ0) is 16.5. The third-order valence-electron chi connectivity index (χ3n) is 4.33. The lowest BCUT2D eigenvalue weighted by Gasteiger charge is -2.27. The smallest absolute Gasteiger partial charge is 0.306 e. The van der Waals surface area contributed by atoms with Gasteiger partial charge in [-0.2, -0.15) is 0 Å². The number of ether oxygens (including phenoxy) is 2. The van der Waals surface area contributed by atoms with Gasteiger partial charge in [0.15, 0.2) is 0 Å². The van der Waals surface area contributed by atoms with E-state index in [1.807, 2.05) is 12.1 Å². The van der Waals surface area contributed by atoms with Crippen LogP contribution in [0.3, 0.4) is 0 Å². The number of carboxylic acids is 1. The first-order valence-electron chi connectivity index (χ1n) is 8.36. The lowest BCUT2D eigenvalue weighted by atomic mass is 9.86. The number of carboxylic acid groups (broad SMARTS) is 1. The first-order valence-corrected chi connectivity index (χ1v) is 8.36. The number of hydrogen-bond acceptors (Lipinski definition) is 4. The predicted octanol–water partition coefficient (Wildman–Crippen LogP) is 2.83. The molecule has 2 N–H and O–H groups in total. The van der Waals surface area contributed by atoms with Crippen LogP contribution in [0.5, 0.6) is 5.75 Å². The standard InChI is InChI=1S/C18H27NO4/c1-22-10-3-11-23-17-5-2-4-14(12-17)13-19-16-8-6-15(7-9-16)18(20)21/h2,4-5,12,15-16,19H,3,6-11,13H2,1H3,(H,20,21). The van der Waals surface area contributed by atoms with Gasteiger partial charge in [-0.25, -0.2) is 0 Å². The average Bonchev–Trinajstić information content (AvgIpc) is 2.58. The number of rotatable bonds is 9. The van der Waals surface area contributed by atoms with Crippen molar-refractivity contribution in [1.82, 2.24) is 5.32 Å². The van der Waals surface area contributed by atoms with Gasteiger partial charge in [0, 0.05) is 32.7 Å². The monoisotopic (exact) mass is 321 g/mol. The van der Waals surface area contributed by atoms with Crippen LogP contribution >= 0.6 is 0 Å². The minimum Gasteiger partial charge on any atom is -0.493 e. The van der Waals surface area contributed by atoms with Crippen LogP contribution in [-0.2, 0) is 16.1 Å². The second-order valence-electron chi connectivity index (χ2n) is 6.11. The molecular weight excluding hydrogens is 294 g/mol. The molecule has 0 aliphatic heterocycles. The molecule has 0 heterocycles. The number of carbonyl (C=O) groups is 1. The molecule has 5 nitrogen and oxygen atoms in total. The number of benzene rings is 1. The molecule has 128 valence electrons. The van der Waals surface area contributed by atoms with Crippen LogP contribution in [-0.4, -0.2) is 37.4 Å². The SMILES string of the molecule is COCCCOc1cccc(CNC2CCC(C(=O)O)CC2)c1. The fourth-order valence-electron chi connectivity index (χ4n) is 2.95. The Morgan fingerprint density at radius 1 is 1.26 bits per heavy atom. The summed E-state index contributed by atoms with van der Waals surface area (Å²) < 4.78 is 10.7. The van der Waals surface area contributed by atoms with Gasteiger partial charge in [-0.1, -0.05) is 12.1 Å². The molecule has 0 atom stereocenters. The summed E-state index contributed by atoms with van der Waals surface area (Å²) in [6, 6.07) is 8.52. The van der Waals surface area contributed by atoms with Crippen LogP contribution in [0.4, 0.5) is 0 Å². The quantitative estimate of drug-likeness (QED) is 0.685. The summed E-state index contributed by atoms with van der Waals surface area (Å²) in [5.41, 5.74) is 1.19. The Bertz CT molecular complexity index is 484. The van der Waals surface area contributed by atoms with Crippen molar-refractivity contribution in [2.45, 2.75) is 44.7 Å². The Kier molecular flexibility index (Phi) is 7.36. The van der Waals surface area contributed by atoms with E-state index in [9.17, 15) is 4.79 Å². The zero-order valence-corrected chi connectivity index (χ0v) is 13.8. The van der Waals surface area contributed by atoms with Gasteiger partial charge in [-0.3, -0.25) is 4.79 Å². The summed E-state index contributed by atoms with van der Waals surface area (Å²) in [4.78, 5) is 11.0. The Morgan fingerprint density at radius 3 is 2.74 bits per heavy atom. The first-order chi connectivity index (χ1) is 11.2. The van der Waals surface area contributed by atoms with E-state index in [0.717, 1.165) is 44.4 Å². The Labute approximate surface area is 138 Å². The highest BCUT2D eigenvalue weighted by atomic mass is 16.5. The maximum atomic E-state index is 11.0. The van der Waals surface area contributed by atoms with Crippen LogP contribution in [0, 0.1) is 5.92 Å². The number of aliphatic carboxylic acids is 1. The van der Waals surface area contributed by atoms with E-state index in [-0.39, 0.29) is 5.92 Å². The van der Waals surface area contributed by atoms with E-state index < -0.39 is 5.97 Å². The van der Waals surface area contributed by atoms with Gasteiger partial charge >= 0.3 is 5.97 Å². The molecular formula is C18H27NO4. The fourth-order valence-corrected chi connectivity index (χ4v) is 2.95. The van der Waals surface area contributed by atoms with E-state index in [1.54, 1.807) is 7.11 Å². The summed E-state index contributed by atoms with van der Waals surface area (Å²) in [5, 5.41) is 12.6. The molecule has 0 radical (unpaired) electrons. The molecule has 0 unspecified atom stereocenters. The normalized spacial score (nSPS) is 21.1. The van der Waals surface area contributed by atoms with Crippen molar-refractivity contribution in [3.05, 3.63) is 29.8 Å². The Morgan fingerprint density at radius 2 is 2.04 bits per heavy atom. The fraction of sp³-hybridized carbons (Fsp3) is 0.611. The third kappa shape index (κ3) is 6.20. The van der Waals surface area contributed by atoms with E-state index in [4.69, 9.17) is 14.6 Å². The zero-order valence-electron chi connectivity index (χ0n) is 13.8. The van der Waals surface area contributed by atoms with Gasteiger partial charge in [0.05, 0.1) is 12.5 Å². The highest BCUT2D eigenvalue weighted by Gasteiger charge is 2.25. The molecule has 1 fully saturated rings. The minimum atomic E-state index is -0.651. The van der Waals surface area contributed by atoms with E-state index in [0.29, 0.717) is 19.3 Å². The van der Waals surface area contributed by atoms with Crippen molar-refractivity contribution >= 4 is 5.97 Å². The lowest BCUT2D eigenvalue weighted by Crippen LogP contribution is -2.34. The van der Waals surface area contributed by atoms with Crippen molar-refractivity contribution in [2.75, 3.05) is 20.3 Å². The molecule has 2 rings (SSSR count). The summed E-state index contributed by atoms with van der Waals surface area (Å²) >= 11 is 0. The van der Waals surface area contributed by atoms with Crippen molar-refractivity contribution < 1.29 is 19.4 Å². The second-order valence-corrected chi connectivity index (χ2v) is 6.11. The molecule has 0 amide bonds. The molecule has 1 aromatic carbocycles. The van der Waals surface area contributed by atoms with Crippen molar-refractivity contribution in [1.29, 1.82) is 0 Å². The average molecular weight is 321 g/mol. The maximum Gasteiger partial charge on any atom is 0.306 e. The first kappa shape index (κ1) is 17.8. The van der Waals surface area contributed by atoms with Crippen LogP contribution < -0.4 is 10.1 Å². The number of nitrogens with one attached hydrogen (secondary N) is 1. The van der Waals surface area contributed by atoms with Crippen molar-refractivity contribution in [2.24, 2.45) is 5.92 Å². The summed E-state index contributed by atoms with van der Waals surface area (Å²) in [6.07, 6.45) is 4.30. The Hall–Kier alpha value is -1.59. The molecule has 23 heavy (non-hydrogen) atoms. The summed E-state index contributed by atoms with van der Waals surface area (Å²) in [7, 11) is 1.69. The largest absolute Gasteiger partial charge is 0.493 e. The van der Waals surface area contributed by atoms with Crippen molar-refractivity contribution in [3.8, 4) is 5.75 Å². The van der Waals surface area contributed by atoms with Crippen LogP contribution in [0.15, 0.2) is 24.3 Å². The minimum absolute atomic E-state index is 0.156. The number of methoxy groups -OCH3 is 1. The highest BCUT2D eigenvalue weighted by molar-refractivity contribution is 5.70. The van der Waals surface area contributed by atoms with Crippen LogP contribution in [0.2, 0.25) is 0 Å². The van der Waals surface area contributed by atoms with Gasteiger partial charge in [0.1, 0.15) is 5.75 Å². The Balaban J connectivity index is 1.72. The van der Waals surface area contributed by atoms with Crippen LogP contribution in [0.25, 0.3) is 0 Å². The molecule has 5 heteroatoms. The summed E-state index contributed by atoms with van der Waals surface area (Å²) in [5.74, 6) is 0.0774. The number of hydrogen-bond donors (Lipinski definition) is 2. The molecule has 0 aromatic heterocycles. The second kappa shape index (κ2) is 9.53. The highest BCUT2D eigenvalue weighted by Crippen LogP contribution is 2.24. The van der Waals surface area contributed by atoms with Gasteiger partial charge in [-0.15, -0.1) is 0 Å². The van der Waals surface area contributed by atoms with Crippen LogP contribution in [0.1, 0.15) is 37.7 Å². The summed E-state index contributed by atoms with van der Waals surface area (Å²) in [6.45, 7) is 2.15. The third-order valence-corrected chi connectivity index (χ3v) is 4.33.